The van der Waals surface area contributed by atoms with Crippen molar-refractivity contribution >= 4 is 31.7 Å². The third-order valence-electron chi connectivity index (χ3n) is 7.23. The molecule has 244 valence electrons. The molecule has 3 atom stereocenters. The van der Waals surface area contributed by atoms with E-state index in [4.69, 9.17) is 9.47 Å². The van der Waals surface area contributed by atoms with Crippen LogP contribution in [0.2, 0.25) is 0 Å². The molecule has 2 aliphatic heterocycles. The van der Waals surface area contributed by atoms with Gasteiger partial charge in [0.2, 0.25) is 15.6 Å². The highest BCUT2D eigenvalue weighted by molar-refractivity contribution is 7.92. The number of fused-ring (bicyclic) bond motifs is 1. The summed E-state index contributed by atoms with van der Waals surface area (Å²) in [6.07, 6.45) is -6.99. The van der Waals surface area contributed by atoms with Crippen LogP contribution in [-0.2, 0) is 40.7 Å². The maximum absolute atomic E-state index is 13.7. The normalized spacial score (nSPS) is 21.8. The second-order valence-corrected chi connectivity index (χ2v) is 15.3. The van der Waals surface area contributed by atoms with Gasteiger partial charge in [-0.15, -0.1) is 0 Å². The molecular formula is C28H34F4N2O8S2. The van der Waals surface area contributed by atoms with E-state index in [9.17, 15) is 39.2 Å². The first kappa shape index (κ1) is 33.9. The number of hydrogen-bond donors (Lipinski definition) is 0. The van der Waals surface area contributed by atoms with E-state index in [-0.39, 0.29) is 65.9 Å². The lowest BCUT2D eigenvalue weighted by atomic mass is 10.1. The maximum Gasteiger partial charge on any atom is 0.427 e. The van der Waals surface area contributed by atoms with E-state index in [1.54, 1.807) is 13.8 Å². The molecule has 44 heavy (non-hydrogen) atoms. The number of hydrogen-bond acceptors (Lipinski definition) is 8. The van der Waals surface area contributed by atoms with Crippen molar-refractivity contribution in [2.24, 2.45) is 0 Å². The monoisotopic (exact) mass is 666 g/mol. The van der Waals surface area contributed by atoms with Gasteiger partial charge in [0.25, 0.3) is 10.0 Å². The van der Waals surface area contributed by atoms with E-state index in [0.29, 0.717) is 13.8 Å². The fraction of sp³-hybridized carbons (Fsp3) is 0.536. The lowest BCUT2D eigenvalue weighted by Gasteiger charge is -2.37. The summed E-state index contributed by atoms with van der Waals surface area (Å²) in [5, 5.41) is 0. The number of alkyl halides is 3. The average molecular weight is 667 g/mol. The van der Waals surface area contributed by atoms with Crippen molar-refractivity contribution in [3.8, 4) is 5.75 Å². The van der Waals surface area contributed by atoms with Crippen molar-refractivity contribution in [2.75, 3.05) is 29.7 Å². The number of benzene rings is 2. The maximum atomic E-state index is 13.7. The number of morpholine rings is 1. The SMILES string of the molecule is CC1CN(S(=O)(=O)CC[C@H]2CN(S(=O)(=O)c3ccc(F)cc3)c3cc(CC(=O)OC(C)(C)C(F)(F)F)ccc3O2)CC(C)O1. The van der Waals surface area contributed by atoms with E-state index >= 15 is 0 Å². The quantitative estimate of drug-likeness (QED) is 0.291. The van der Waals surface area contributed by atoms with Crippen molar-refractivity contribution in [1.29, 1.82) is 0 Å². The molecule has 2 unspecified atom stereocenters. The molecule has 4 rings (SSSR count). The molecule has 0 aliphatic carbocycles. The third kappa shape index (κ3) is 7.64. The molecule has 1 saturated heterocycles. The minimum atomic E-state index is -4.81. The molecule has 1 fully saturated rings. The Morgan fingerprint density at radius 1 is 0.977 bits per heavy atom. The number of rotatable bonds is 9. The van der Waals surface area contributed by atoms with Crippen LogP contribution in [0.4, 0.5) is 23.2 Å². The molecule has 0 radical (unpaired) electrons. The van der Waals surface area contributed by atoms with Crippen LogP contribution < -0.4 is 9.04 Å². The molecule has 0 aromatic heterocycles. The van der Waals surface area contributed by atoms with E-state index in [1.165, 1.54) is 22.5 Å². The smallest absolute Gasteiger partial charge is 0.427 e. The molecule has 10 nitrogen and oxygen atoms in total. The first-order valence-electron chi connectivity index (χ1n) is 13.8. The van der Waals surface area contributed by atoms with Crippen LogP contribution in [0.25, 0.3) is 0 Å². The Kier molecular flexibility index (Phi) is 9.60. The van der Waals surface area contributed by atoms with Crippen molar-refractivity contribution in [2.45, 2.75) is 75.5 Å². The number of ether oxygens (including phenoxy) is 3. The highest BCUT2D eigenvalue weighted by Crippen LogP contribution is 2.39. The zero-order valence-electron chi connectivity index (χ0n) is 24.5. The number of sulfonamides is 2. The zero-order chi connectivity index (χ0) is 32.7. The second-order valence-electron chi connectivity index (χ2n) is 11.4. The topological polar surface area (TPSA) is 120 Å². The molecule has 0 amide bonds. The van der Waals surface area contributed by atoms with Crippen LogP contribution in [0.3, 0.4) is 0 Å². The van der Waals surface area contributed by atoms with Gasteiger partial charge in [0.05, 0.1) is 41.5 Å². The van der Waals surface area contributed by atoms with Crippen molar-refractivity contribution in [3.63, 3.8) is 0 Å². The molecule has 2 aromatic rings. The van der Waals surface area contributed by atoms with Crippen LogP contribution in [0, 0.1) is 5.82 Å². The molecule has 0 spiro atoms. The molecule has 0 N–H and O–H groups in total. The van der Waals surface area contributed by atoms with E-state index < -0.39 is 56.1 Å². The van der Waals surface area contributed by atoms with Gasteiger partial charge in [0.1, 0.15) is 17.7 Å². The summed E-state index contributed by atoms with van der Waals surface area (Å²) in [5.41, 5.74) is -2.62. The van der Waals surface area contributed by atoms with Gasteiger partial charge in [0, 0.05) is 19.5 Å². The predicted molar refractivity (Wildman–Crippen MR) is 152 cm³/mol. The second kappa shape index (κ2) is 12.4. The molecule has 2 aliphatic rings. The first-order valence-corrected chi connectivity index (χ1v) is 16.8. The summed E-state index contributed by atoms with van der Waals surface area (Å²) < 4.78 is 126. The van der Waals surface area contributed by atoms with Gasteiger partial charge in [-0.25, -0.2) is 21.2 Å². The van der Waals surface area contributed by atoms with Gasteiger partial charge in [-0.1, -0.05) is 6.07 Å². The minimum Gasteiger partial charge on any atom is -0.486 e. The largest absolute Gasteiger partial charge is 0.486 e. The summed E-state index contributed by atoms with van der Waals surface area (Å²) in [6, 6.07) is 8.09. The summed E-state index contributed by atoms with van der Waals surface area (Å²) in [6.45, 7) is 4.99. The van der Waals surface area contributed by atoms with Crippen molar-refractivity contribution in [3.05, 3.63) is 53.8 Å². The van der Waals surface area contributed by atoms with Crippen LogP contribution in [0.15, 0.2) is 47.4 Å². The van der Waals surface area contributed by atoms with Gasteiger partial charge >= 0.3 is 12.1 Å². The van der Waals surface area contributed by atoms with E-state index in [0.717, 1.165) is 28.6 Å². The molecular weight excluding hydrogens is 632 g/mol. The van der Waals surface area contributed by atoms with Gasteiger partial charge in [-0.05, 0) is 69.7 Å². The Labute approximate surface area is 254 Å². The number of esters is 1. The fourth-order valence-electron chi connectivity index (χ4n) is 4.89. The number of nitrogens with zero attached hydrogens (tertiary/aromatic N) is 2. The van der Waals surface area contributed by atoms with Crippen molar-refractivity contribution < 1.29 is 53.4 Å². The summed E-state index contributed by atoms with van der Waals surface area (Å²) in [4.78, 5) is 12.1. The lowest BCUT2D eigenvalue weighted by Crippen LogP contribution is -2.49. The number of carbonyl (C=O) groups excluding carboxylic acids is 1. The zero-order valence-corrected chi connectivity index (χ0v) is 26.1. The van der Waals surface area contributed by atoms with E-state index in [1.807, 2.05) is 0 Å². The first-order chi connectivity index (χ1) is 20.3. The number of carbonyl (C=O) groups is 1. The van der Waals surface area contributed by atoms with Gasteiger partial charge in [0.15, 0.2) is 0 Å². The predicted octanol–water partition coefficient (Wildman–Crippen LogP) is 4.04. The average Bonchev–Trinajstić information content (AvgIpc) is 2.90. The summed E-state index contributed by atoms with van der Waals surface area (Å²) in [7, 11) is -8.11. The summed E-state index contributed by atoms with van der Waals surface area (Å²) in [5.74, 6) is -2.14. The molecule has 2 heterocycles. The Morgan fingerprint density at radius 2 is 1.59 bits per heavy atom. The Morgan fingerprint density at radius 3 is 2.18 bits per heavy atom. The highest BCUT2D eigenvalue weighted by Gasteiger charge is 2.50. The van der Waals surface area contributed by atoms with Gasteiger partial charge in [-0.3, -0.25) is 9.10 Å². The van der Waals surface area contributed by atoms with Crippen LogP contribution in [-0.4, -0.2) is 82.6 Å². The summed E-state index contributed by atoms with van der Waals surface area (Å²) >= 11 is 0. The fourth-order valence-corrected chi connectivity index (χ4v) is 8.08. The Balaban J connectivity index is 1.61. The Hall–Kier alpha value is -2.95. The highest BCUT2D eigenvalue weighted by atomic mass is 32.2. The lowest BCUT2D eigenvalue weighted by molar-refractivity contribution is -0.257. The number of anilines is 1. The number of halogens is 4. The molecule has 2 aromatic carbocycles. The molecule has 0 bridgehead atoms. The van der Waals surface area contributed by atoms with Gasteiger partial charge in [-0.2, -0.15) is 17.5 Å². The van der Waals surface area contributed by atoms with Crippen LogP contribution >= 0.6 is 0 Å². The molecule has 16 heteroatoms. The third-order valence-corrected chi connectivity index (χ3v) is 10.9. The minimum absolute atomic E-state index is 0.0235. The van der Waals surface area contributed by atoms with Crippen molar-refractivity contribution in [1.82, 2.24) is 4.31 Å². The molecule has 0 saturated carbocycles. The standard InChI is InChI=1S/C28H34F4N2O8S2/c1-18-15-33(16-19(2)40-18)43(36,37)12-11-22-17-34(44(38,39)23-8-6-21(29)7-9-23)24-13-20(5-10-25(24)41-22)14-26(35)42-27(3,4)28(30,31)32/h5-10,13,18-19,22H,11-12,14-17H2,1-4H3/t18?,19?,22-/m0/s1. The van der Waals surface area contributed by atoms with Crippen LogP contribution in [0.1, 0.15) is 39.7 Å². The van der Waals surface area contributed by atoms with Gasteiger partial charge < -0.3 is 14.2 Å². The Bertz CT molecular complexity index is 1570. The van der Waals surface area contributed by atoms with Crippen LogP contribution in [0.5, 0.6) is 5.75 Å². The van der Waals surface area contributed by atoms with E-state index in [2.05, 4.69) is 4.74 Å².